The van der Waals surface area contributed by atoms with Gasteiger partial charge in [-0.1, -0.05) is 56.1 Å². The molecule has 2 aromatic carbocycles. The van der Waals surface area contributed by atoms with Crippen LogP contribution in [0.25, 0.3) is 0 Å². The van der Waals surface area contributed by atoms with Crippen molar-refractivity contribution in [1.82, 2.24) is 16.1 Å². The maximum absolute atomic E-state index is 12.4. The summed E-state index contributed by atoms with van der Waals surface area (Å²) in [7, 11) is 0. The van der Waals surface area contributed by atoms with Gasteiger partial charge in [-0.2, -0.15) is 0 Å². The lowest BCUT2D eigenvalue weighted by Crippen LogP contribution is -2.51. The smallest absolute Gasteiger partial charge is 0.268 e. The Labute approximate surface area is 207 Å². The van der Waals surface area contributed by atoms with Gasteiger partial charge in [-0.3, -0.25) is 14.8 Å². The van der Waals surface area contributed by atoms with Crippen LogP contribution in [0.1, 0.15) is 78.9 Å². The third-order valence-electron chi connectivity index (χ3n) is 6.31. The summed E-state index contributed by atoms with van der Waals surface area (Å²) in [5.74, 6) is 4.81. The van der Waals surface area contributed by atoms with Crippen LogP contribution in [0.15, 0.2) is 48.5 Å². The predicted molar refractivity (Wildman–Crippen MR) is 135 cm³/mol. The topological polar surface area (TPSA) is 111 Å². The van der Waals surface area contributed by atoms with Gasteiger partial charge >= 0.3 is 0 Å². The van der Waals surface area contributed by atoms with Gasteiger partial charge in [0.05, 0.1) is 6.10 Å². The highest BCUT2D eigenvalue weighted by Crippen LogP contribution is 2.17. The van der Waals surface area contributed by atoms with E-state index in [2.05, 4.69) is 34.6 Å². The molecule has 5 N–H and O–H groups in total. The van der Waals surface area contributed by atoms with Crippen molar-refractivity contribution in [2.24, 2.45) is 0 Å². The number of rotatable bonds is 7. The fourth-order valence-corrected chi connectivity index (χ4v) is 4.18. The van der Waals surface area contributed by atoms with Crippen molar-refractivity contribution < 1.29 is 19.9 Å². The molecule has 0 spiro atoms. The molecule has 2 atom stereocenters. The summed E-state index contributed by atoms with van der Waals surface area (Å²) in [6, 6.07) is 14.2. The van der Waals surface area contributed by atoms with Crippen LogP contribution in [0.4, 0.5) is 0 Å². The molecule has 7 heteroatoms. The highest BCUT2D eigenvalue weighted by molar-refractivity contribution is 5.97. The van der Waals surface area contributed by atoms with Crippen molar-refractivity contribution in [3.8, 4) is 11.8 Å². The van der Waals surface area contributed by atoms with Crippen molar-refractivity contribution in [3.05, 3.63) is 70.8 Å². The third kappa shape index (κ3) is 8.52. The fraction of sp³-hybridized carbons (Fsp3) is 0.429. The molecule has 2 aromatic rings. The molecule has 186 valence electrons. The van der Waals surface area contributed by atoms with Crippen molar-refractivity contribution in [3.63, 3.8) is 0 Å². The summed E-state index contributed by atoms with van der Waals surface area (Å²) in [4.78, 5) is 24.0. The molecule has 0 bridgehead atoms. The zero-order valence-electron chi connectivity index (χ0n) is 20.2. The van der Waals surface area contributed by atoms with Crippen LogP contribution in [0.5, 0.6) is 0 Å². The molecular formula is C28H35N3O4. The summed E-state index contributed by atoms with van der Waals surface area (Å²) in [5, 5.41) is 24.5. The summed E-state index contributed by atoms with van der Waals surface area (Å²) in [6.45, 7) is 2.22. The van der Waals surface area contributed by atoms with E-state index in [9.17, 15) is 14.7 Å². The van der Waals surface area contributed by atoms with Crippen LogP contribution >= 0.6 is 0 Å². The van der Waals surface area contributed by atoms with Crippen molar-refractivity contribution in [2.75, 3.05) is 0 Å². The Morgan fingerprint density at radius 1 is 0.914 bits per heavy atom. The summed E-state index contributed by atoms with van der Waals surface area (Å²) in [6.07, 6.45) is 8.10. The van der Waals surface area contributed by atoms with Crippen molar-refractivity contribution in [1.29, 1.82) is 0 Å². The molecule has 0 aliphatic heterocycles. The second-order valence-corrected chi connectivity index (χ2v) is 9.12. The van der Waals surface area contributed by atoms with Gasteiger partial charge in [-0.25, -0.2) is 5.48 Å². The van der Waals surface area contributed by atoms with Crippen LogP contribution in [0.2, 0.25) is 0 Å². The van der Waals surface area contributed by atoms with Gasteiger partial charge < -0.3 is 15.7 Å². The molecule has 0 heterocycles. The lowest BCUT2D eigenvalue weighted by atomic mass is 9.96. The molecule has 0 saturated heterocycles. The molecule has 1 aliphatic carbocycles. The Morgan fingerprint density at radius 3 is 2.00 bits per heavy atom. The fourth-order valence-electron chi connectivity index (χ4n) is 4.18. The number of nitrogens with one attached hydrogen (secondary N) is 3. The predicted octanol–water partition coefficient (Wildman–Crippen LogP) is 3.27. The van der Waals surface area contributed by atoms with E-state index in [0.29, 0.717) is 11.6 Å². The lowest BCUT2D eigenvalue weighted by molar-refractivity contribution is -0.133. The molecule has 35 heavy (non-hydrogen) atoms. The Bertz CT molecular complexity index is 1010. The molecule has 3 rings (SSSR count). The van der Waals surface area contributed by atoms with E-state index in [1.165, 1.54) is 62.9 Å². The molecule has 0 aromatic heterocycles. The maximum Gasteiger partial charge on any atom is 0.268 e. The molecule has 7 nitrogen and oxygen atoms in total. The van der Waals surface area contributed by atoms with E-state index < -0.39 is 24.0 Å². The molecule has 1 aliphatic rings. The normalized spacial score (nSPS) is 16.1. The summed E-state index contributed by atoms with van der Waals surface area (Å²) in [5.41, 5.74) is 4.66. The Balaban J connectivity index is 1.53. The lowest BCUT2D eigenvalue weighted by Gasteiger charge is -2.21. The number of carbonyl (C=O) groups is 2. The van der Waals surface area contributed by atoms with Crippen molar-refractivity contribution >= 4 is 11.8 Å². The van der Waals surface area contributed by atoms with Crippen LogP contribution in [-0.2, 0) is 11.3 Å². The van der Waals surface area contributed by atoms with Gasteiger partial charge in [-0.05, 0) is 61.7 Å². The molecule has 0 unspecified atom stereocenters. The molecular weight excluding hydrogens is 442 g/mol. The first-order valence-electron chi connectivity index (χ1n) is 12.3. The summed E-state index contributed by atoms with van der Waals surface area (Å²) < 4.78 is 0. The van der Waals surface area contributed by atoms with Gasteiger partial charge in [0.2, 0.25) is 0 Å². The molecule has 2 amide bonds. The second-order valence-electron chi connectivity index (χ2n) is 9.12. The SMILES string of the molecule is C[C@@H](O)[C@H](NC(=O)c1ccc(C#Cc2ccc(CNC3CCCCCCC3)cc2)cc1)C(=O)NO. The highest BCUT2D eigenvalue weighted by Gasteiger charge is 2.25. The average Bonchev–Trinajstić information content (AvgIpc) is 2.85. The first-order valence-corrected chi connectivity index (χ1v) is 12.3. The Morgan fingerprint density at radius 2 is 1.46 bits per heavy atom. The van der Waals surface area contributed by atoms with Crippen LogP contribution in [0, 0.1) is 11.8 Å². The zero-order chi connectivity index (χ0) is 25.0. The third-order valence-corrected chi connectivity index (χ3v) is 6.31. The molecule has 1 saturated carbocycles. The first kappa shape index (κ1) is 26.4. The largest absolute Gasteiger partial charge is 0.391 e. The quantitative estimate of drug-likeness (QED) is 0.239. The van der Waals surface area contributed by atoms with Crippen LogP contribution in [0.3, 0.4) is 0 Å². The summed E-state index contributed by atoms with van der Waals surface area (Å²) >= 11 is 0. The number of hydrogen-bond acceptors (Lipinski definition) is 5. The Kier molecular flexibility index (Phi) is 10.3. The van der Waals surface area contributed by atoms with Gasteiger partial charge in [-0.15, -0.1) is 0 Å². The molecule has 1 fully saturated rings. The Hall–Kier alpha value is -3.18. The minimum Gasteiger partial charge on any atom is -0.391 e. The minimum absolute atomic E-state index is 0.313. The van der Waals surface area contributed by atoms with Crippen molar-refractivity contribution in [2.45, 2.75) is 76.6 Å². The number of amides is 2. The standard InChI is InChI=1S/C28H35N3O4/c1-20(32)26(28(34)31-35)30-27(33)24-17-15-22(16-18-24)10-9-21-11-13-23(14-12-21)19-29-25-7-5-3-2-4-6-8-25/h11-18,20,25-26,29,32,35H,2-8,19H2,1H3,(H,30,33)(H,31,34)/t20-,26+/m1/s1. The zero-order valence-corrected chi connectivity index (χ0v) is 20.2. The number of benzene rings is 2. The van der Waals surface area contributed by atoms with E-state index in [1.54, 1.807) is 24.3 Å². The van der Waals surface area contributed by atoms with Gasteiger partial charge in [0.1, 0.15) is 6.04 Å². The van der Waals surface area contributed by atoms with E-state index in [1.807, 2.05) is 12.1 Å². The second kappa shape index (κ2) is 13.6. The number of aliphatic hydroxyl groups is 1. The van der Waals surface area contributed by atoms with Crippen LogP contribution in [-0.4, -0.2) is 40.3 Å². The van der Waals surface area contributed by atoms with E-state index in [0.717, 1.165) is 17.7 Å². The monoisotopic (exact) mass is 477 g/mol. The van der Waals surface area contributed by atoms with Crippen LogP contribution < -0.4 is 16.1 Å². The minimum atomic E-state index is -1.26. The van der Waals surface area contributed by atoms with Gasteiger partial charge in [0, 0.05) is 29.3 Å². The van der Waals surface area contributed by atoms with Gasteiger partial charge in [0.25, 0.3) is 11.8 Å². The maximum atomic E-state index is 12.4. The number of hydroxylamine groups is 1. The first-order chi connectivity index (χ1) is 17.0. The van der Waals surface area contributed by atoms with E-state index in [4.69, 9.17) is 5.21 Å². The van der Waals surface area contributed by atoms with Gasteiger partial charge in [0.15, 0.2) is 0 Å². The number of hydrogen-bond donors (Lipinski definition) is 5. The van der Waals surface area contributed by atoms with E-state index >= 15 is 0 Å². The number of aliphatic hydroxyl groups excluding tert-OH is 1. The van der Waals surface area contributed by atoms with E-state index in [-0.39, 0.29) is 0 Å². The average molecular weight is 478 g/mol. The highest BCUT2D eigenvalue weighted by atomic mass is 16.5. The number of carbonyl (C=O) groups excluding carboxylic acids is 2. The molecule has 0 radical (unpaired) electrons.